The molecule has 29 heavy (non-hydrogen) atoms. The molecule has 0 fully saturated rings. The minimum atomic E-state index is -0.0849. The summed E-state index contributed by atoms with van der Waals surface area (Å²) in [7, 11) is 0. The Bertz CT molecular complexity index is 929. The van der Waals surface area contributed by atoms with Gasteiger partial charge in [-0.2, -0.15) is 4.98 Å². The Morgan fingerprint density at radius 2 is 1.93 bits per heavy atom. The van der Waals surface area contributed by atoms with Gasteiger partial charge in [0.05, 0.1) is 5.25 Å². The largest absolute Gasteiger partial charge is 0.486 e. The van der Waals surface area contributed by atoms with Crippen molar-refractivity contribution >= 4 is 11.8 Å². The van der Waals surface area contributed by atoms with E-state index in [0.29, 0.717) is 16.9 Å². The molecule has 0 aliphatic carbocycles. The SMILES string of the molecule is CCCc1noc(C(C)Sc2nnc(COc3ccc(C(C)(C)C)cc3)n2N)n1. The van der Waals surface area contributed by atoms with Crippen molar-refractivity contribution in [3.05, 3.63) is 47.4 Å². The Hall–Kier alpha value is -2.55. The summed E-state index contributed by atoms with van der Waals surface area (Å²) >= 11 is 1.41. The summed E-state index contributed by atoms with van der Waals surface area (Å²) < 4.78 is 12.6. The molecule has 8 nitrogen and oxygen atoms in total. The molecule has 0 amide bonds. The number of benzene rings is 1. The van der Waals surface area contributed by atoms with Gasteiger partial charge >= 0.3 is 0 Å². The molecule has 0 saturated carbocycles. The summed E-state index contributed by atoms with van der Waals surface area (Å²) in [4.78, 5) is 4.41. The standard InChI is InChI=1S/C20H28N6O2S/c1-6-7-16-22-18(28-25-16)13(2)29-19-24-23-17(26(19)21)12-27-15-10-8-14(9-11-15)20(3,4)5/h8-11,13H,6-7,12,21H2,1-5H3. The van der Waals surface area contributed by atoms with E-state index in [2.05, 4.69) is 60.2 Å². The number of rotatable bonds is 8. The number of nitrogens with two attached hydrogens (primary N) is 1. The number of nitrogens with zero attached hydrogens (tertiary/aromatic N) is 5. The van der Waals surface area contributed by atoms with Gasteiger partial charge in [-0.05, 0) is 36.5 Å². The fourth-order valence-electron chi connectivity index (χ4n) is 2.65. The molecule has 3 aromatic rings. The highest BCUT2D eigenvalue weighted by atomic mass is 32.2. The van der Waals surface area contributed by atoms with Crippen molar-refractivity contribution in [3.8, 4) is 5.75 Å². The van der Waals surface area contributed by atoms with Gasteiger partial charge in [0.15, 0.2) is 11.6 Å². The molecule has 0 aliphatic rings. The van der Waals surface area contributed by atoms with E-state index in [1.807, 2.05) is 19.1 Å². The summed E-state index contributed by atoms with van der Waals surface area (Å²) in [5, 5.41) is 12.8. The zero-order valence-electron chi connectivity index (χ0n) is 17.5. The number of thioether (sulfide) groups is 1. The molecular formula is C20H28N6O2S. The second-order valence-electron chi connectivity index (χ2n) is 7.89. The normalized spacial score (nSPS) is 12.9. The summed E-state index contributed by atoms with van der Waals surface area (Å²) in [5.74, 6) is 8.72. The van der Waals surface area contributed by atoms with Gasteiger partial charge in [0.25, 0.3) is 0 Å². The third-order valence-corrected chi connectivity index (χ3v) is 5.46. The van der Waals surface area contributed by atoms with Crippen molar-refractivity contribution in [1.29, 1.82) is 0 Å². The molecule has 2 aromatic heterocycles. The zero-order chi connectivity index (χ0) is 21.0. The molecule has 9 heteroatoms. The Kier molecular flexibility index (Phi) is 6.46. The molecule has 156 valence electrons. The Balaban J connectivity index is 1.60. The molecule has 0 bridgehead atoms. The van der Waals surface area contributed by atoms with Crippen LogP contribution in [0.1, 0.15) is 69.4 Å². The van der Waals surface area contributed by atoms with E-state index in [9.17, 15) is 0 Å². The van der Waals surface area contributed by atoms with Crippen molar-refractivity contribution in [1.82, 2.24) is 25.0 Å². The lowest BCUT2D eigenvalue weighted by Gasteiger charge is -2.19. The molecule has 1 unspecified atom stereocenters. The molecule has 1 atom stereocenters. The van der Waals surface area contributed by atoms with Gasteiger partial charge in [-0.3, -0.25) is 0 Å². The van der Waals surface area contributed by atoms with Crippen molar-refractivity contribution < 1.29 is 9.26 Å². The van der Waals surface area contributed by atoms with Crippen LogP contribution in [0, 0.1) is 0 Å². The first kappa shape index (κ1) is 21.2. The van der Waals surface area contributed by atoms with Crippen molar-refractivity contribution in [2.24, 2.45) is 0 Å². The highest BCUT2D eigenvalue weighted by Crippen LogP contribution is 2.32. The zero-order valence-corrected chi connectivity index (χ0v) is 18.4. The van der Waals surface area contributed by atoms with Crippen LogP contribution < -0.4 is 10.6 Å². The summed E-state index contributed by atoms with van der Waals surface area (Å²) in [5.41, 5.74) is 1.36. The quantitative estimate of drug-likeness (QED) is 0.433. The van der Waals surface area contributed by atoms with E-state index in [1.54, 1.807) is 0 Å². The van der Waals surface area contributed by atoms with E-state index >= 15 is 0 Å². The second-order valence-corrected chi connectivity index (χ2v) is 9.20. The lowest BCUT2D eigenvalue weighted by molar-refractivity contribution is 0.291. The maximum atomic E-state index is 6.15. The van der Waals surface area contributed by atoms with Crippen molar-refractivity contribution in [2.75, 3.05) is 5.84 Å². The maximum Gasteiger partial charge on any atom is 0.239 e. The second kappa shape index (κ2) is 8.86. The summed E-state index contributed by atoms with van der Waals surface area (Å²) in [6.45, 7) is 10.8. The molecule has 0 saturated heterocycles. The van der Waals surface area contributed by atoms with Gasteiger partial charge < -0.3 is 15.1 Å². The molecule has 0 aliphatic heterocycles. The first-order valence-electron chi connectivity index (χ1n) is 9.69. The molecule has 0 radical (unpaired) electrons. The monoisotopic (exact) mass is 416 g/mol. The molecule has 1 aromatic carbocycles. The predicted octanol–water partition coefficient (Wildman–Crippen LogP) is 4.06. The van der Waals surface area contributed by atoms with Crippen LogP contribution >= 0.6 is 11.8 Å². The number of hydrogen-bond acceptors (Lipinski definition) is 8. The van der Waals surface area contributed by atoms with Crippen LogP contribution in [0.2, 0.25) is 0 Å². The number of aryl methyl sites for hydroxylation is 1. The van der Waals surface area contributed by atoms with Gasteiger partial charge in [-0.15, -0.1) is 10.2 Å². The number of ether oxygens (including phenoxy) is 1. The predicted molar refractivity (Wildman–Crippen MR) is 112 cm³/mol. The van der Waals surface area contributed by atoms with E-state index in [-0.39, 0.29) is 17.3 Å². The van der Waals surface area contributed by atoms with E-state index in [0.717, 1.165) is 24.4 Å². The Labute approximate surface area is 175 Å². The smallest absolute Gasteiger partial charge is 0.239 e. The number of aromatic nitrogens is 5. The Morgan fingerprint density at radius 1 is 1.21 bits per heavy atom. The average molecular weight is 417 g/mol. The first-order valence-corrected chi connectivity index (χ1v) is 10.6. The van der Waals surface area contributed by atoms with Crippen molar-refractivity contribution in [3.63, 3.8) is 0 Å². The minimum absolute atomic E-state index is 0.0849. The summed E-state index contributed by atoms with van der Waals surface area (Å²) in [6.07, 6.45) is 1.77. The molecular weight excluding hydrogens is 388 g/mol. The van der Waals surface area contributed by atoms with Gasteiger partial charge in [0, 0.05) is 6.42 Å². The third kappa shape index (κ3) is 5.29. The third-order valence-electron chi connectivity index (χ3n) is 4.41. The van der Waals surface area contributed by atoms with Crippen LogP contribution in [-0.2, 0) is 18.4 Å². The van der Waals surface area contributed by atoms with E-state index in [1.165, 1.54) is 22.0 Å². The van der Waals surface area contributed by atoms with Crippen LogP contribution in [-0.4, -0.2) is 25.0 Å². The lowest BCUT2D eigenvalue weighted by Crippen LogP contribution is -2.16. The molecule has 3 rings (SSSR count). The highest BCUT2D eigenvalue weighted by molar-refractivity contribution is 7.99. The number of nitrogen functional groups attached to an aromatic ring is 1. The van der Waals surface area contributed by atoms with Gasteiger partial charge in [-0.1, -0.05) is 56.7 Å². The van der Waals surface area contributed by atoms with Crippen LogP contribution in [0.3, 0.4) is 0 Å². The topological polar surface area (TPSA) is 105 Å². The number of hydrogen-bond donors (Lipinski definition) is 1. The fraction of sp³-hybridized carbons (Fsp3) is 0.500. The Morgan fingerprint density at radius 3 is 2.59 bits per heavy atom. The summed E-state index contributed by atoms with van der Waals surface area (Å²) in [6, 6.07) is 8.06. The molecule has 2 heterocycles. The van der Waals surface area contributed by atoms with Gasteiger partial charge in [-0.25, -0.2) is 4.68 Å². The maximum absolute atomic E-state index is 6.15. The van der Waals surface area contributed by atoms with Gasteiger partial charge in [0.1, 0.15) is 12.4 Å². The lowest BCUT2D eigenvalue weighted by atomic mass is 9.87. The highest BCUT2D eigenvalue weighted by Gasteiger charge is 2.20. The van der Waals surface area contributed by atoms with Crippen LogP contribution in [0.15, 0.2) is 33.9 Å². The van der Waals surface area contributed by atoms with Crippen LogP contribution in [0.4, 0.5) is 0 Å². The fourth-order valence-corrected chi connectivity index (χ4v) is 3.47. The first-order chi connectivity index (χ1) is 13.8. The molecule has 0 spiro atoms. The van der Waals surface area contributed by atoms with Gasteiger partial charge in [0.2, 0.25) is 11.0 Å². The minimum Gasteiger partial charge on any atom is -0.486 e. The van der Waals surface area contributed by atoms with E-state index in [4.69, 9.17) is 15.1 Å². The van der Waals surface area contributed by atoms with E-state index < -0.39 is 0 Å². The average Bonchev–Trinajstić information content (AvgIpc) is 3.28. The van der Waals surface area contributed by atoms with Crippen LogP contribution in [0.5, 0.6) is 5.75 Å². The molecule has 2 N–H and O–H groups in total. The van der Waals surface area contributed by atoms with Crippen molar-refractivity contribution in [2.45, 2.75) is 69.9 Å². The van der Waals surface area contributed by atoms with Crippen LogP contribution in [0.25, 0.3) is 0 Å².